The number of carboxylic acids is 1. The number of rotatable bonds is 5. The maximum atomic E-state index is 12.1. The normalized spacial score (nSPS) is 11.6. The van der Waals surface area contributed by atoms with Crippen LogP contribution in [-0.4, -0.2) is 39.9 Å². The van der Waals surface area contributed by atoms with E-state index in [-0.39, 0.29) is 17.1 Å². The fraction of sp³-hybridized carbons (Fsp3) is 0.222. The molecular formula is C9H11N5O4S. The summed E-state index contributed by atoms with van der Waals surface area (Å²) in [6, 6.07) is 0. The molecular weight excluding hydrogens is 274 g/mol. The van der Waals surface area contributed by atoms with E-state index in [1.54, 1.807) is 0 Å². The number of H-pyrrole nitrogens is 2. The molecule has 0 amide bonds. The highest BCUT2D eigenvalue weighted by molar-refractivity contribution is 7.89. The van der Waals surface area contributed by atoms with Crippen LogP contribution in [0.1, 0.15) is 21.7 Å². The minimum Gasteiger partial charge on any atom is -0.476 e. The maximum Gasteiger partial charge on any atom is 0.357 e. The van der Waals surface area contributed by atoms with Crippen LogP contribution in [0.4, 0.5) is 0 Å². The van der Waals surface area contributed by atoms with Crippen LogP contribution in [0.2, 0.25) is 0 Å². The summed E-state index contributed by atoms with van der Waals surface area (Å²) >= 11 is 0. The van der Waals surface area contributed by atoms with Gasteiger partial charge in [0.1, 0.15) is 4.90 Å². The van der Waals surface area contributed by atoms with Gasteiger partial charge in [0.05, 0.1) is 11.9 Å². The molecule has 102 valence electrons. The van der Waals surface area contributed by atoms with E-state index in [2.05, 4.69) is 25.1 Å². The Kier molecular flexibility index (Phi) is 3.36. The molecule has 2 rings (SSSR count). The number of nitrogens with one attached hydrogen (secondary N) is 3. The molecule has 0 aromatic carbocycles. The van der Waals surface area contributed by atoms with E-state index in [4.69, 9.17) is 5.11 Å². The van der Waals surface area contributed by atoms with Gasteiger partial charge in [-0.2, -0.15) is 10.2 Å². The molecule has 4 N–H and O–H groups in total. The number of carboxylic acid groups (broad SMARTS) is 1. The lowest BCUT2D eigenvalue weighted by atomic mass is 10.4. The van der Waals surface area contributed by atoms with Gasteiger partial charge in [-0.1, -0.05) is 0 Å². The third kappa shape index (κ3) is 2.63. The molecule has 0 fully saturated rings. The average Bonchev–Trinajstić information content (AvgIpc) is 2.95. The van der Waals surface area contributed by atoms with Crippen molar-refractivity contribution in [3.05, 3.63) is 29.3 Å². The molecule has 0 saturated carbocycles. The van der Waals surface area contributed by atoms with Gasteiger partial charge in [-0.05, 0) is 6.92 Å². The van der Waals surface area contributed by atoms with Crippen LogP contribution >= 0.6 is 0 Å². The largest absolute Gasteiger partial charge is 0.476 e. The first-order chi connectivity index (χ1) is 8.92. The number of carbonyl (C=O) groups is 1. The third-order valence-electron chi connectivity index (χ3n) is 2.38. The van der Waals surface area contributed by atoms with Crippen LogP contribution in [0.15, 0.2) is 17.3 Å². The van der Waals surface area contributed by atoms with Crippen molar-refractivity contribution >= 4 is 16.0 Å². The minimum atomic E-state index is -3.97. The van der Waals surface area contributed by atoms with Crippen molar-refractivity contribution in [1.29, 1.82) is 0 Å². The Labute approximate surface area is 108 Å². The first kappa shape index (κ1) is 13.2. The van der Waals surface area contributed by atoms with E-state index in [1.807, 2.05) is 0 Å². The van der Waals surface area contributed by atoms with E-state index >= 15 is 0 Å². The van der Waals surface area contributed by atoms with Gasteiger partial charge in [-0.25, -0.2) is 17.9 Å². The van der Waals surface area contributed by atoms with Crippen molar-refractivity contribution in [2.24, 2.45) is 0 Å². The highest BCUT2D eigenvalue weighted by Gasteiger charge is 2.27. The van der Waals surface area contributed by atoms with Crippen molar-refractivity contribution in [2.45, 2.75) is 18.4 Å². The summed E-state index contributed by atoms with van der Waals surface area (Å²) in [7, 11) is -3.97. The second-order valence-corrected chi connectivity index (χ2v) is 5.47. The molecule has 0 saturated heterocycles. The van der Waals surface area contributed by atoms with Gasteiger partial charge in [0.2, 0.25) is 10.0 Å². The lowest BCUT2D eigenvalue weighted by molar-refractivity contribution is 0.0686. The Morgan fingerprint density at radius 2 is 2.26 bits per heavy atom. The first-order valence-electron chi connectivity index (χ1n) is 5.17. The van der Waals surface area contributed by atoms with E-state index in [0.717, 1.165) is 0 Å². The molecule has 2 heterocycles. The SMILES string of the molecule is Cc1[nH]nc(C(=O)O)c1S(=O)(=O)NCc1cn[nH]c1. The minimum absolute atomic E-state index is 0.00249. The monoisotopic (exact) mass is 285 g/mol. The zero-order valence-corrected chi connectivity index (χ0v) is 10.7. The molecule has 9 nitrogen and oxygen atoms in total. The fourth-order valence-corrected chi connectivity index (χ4v) is 2.85. The molecule has 0 bridgehead atoms. The van der Waals surface area contributed by atoms with Crippen molar-refractivity contribution in [3.8, 4) is 0 Å². The topological polar surface area (TPSA) is 141 Å². The van der Waals surface area contributed by atoms with Crippen molar-refractivity contribution in [3.63, 3.8) is 0 Å². The molecule has 10 heteroatoms. The summed E-state index contributed by atoms with van der Waals surface area (Å²) in [5, 5.41) is 20.9. The molecule has 0 unspecified atom stereocenters. The molecule has 0 aliphatic rings. The summed E-state index contributed by atoms with van der Waals surface area (Å²) in [5.74, 6) is -1.41. The Morgan fingerprint density at radius 3 is 2.84 bits per heavy atom. The van der Waals surface area contributed by atoms with Crippen LogP contribution in [0.5, 0.6) is 0 Å². The second kappa shape index (κ2) is 4.82. The smallest absolute Gasteiger partial charge is 0.357 e. The fourth-order valence-electron chi connectivity index (χ4n) is 1.52. The van der Waals surface area contributed by atoms with Crippen LogP contribution < -0.4 is 4.72 Å². The molecule has 2 aromatic heterocycles. The van der Waals surface area contributed by atoms with Crippen LogP contribution in [0.3, 0.4) is 0 Å². The van der Waals surface area contributed by atoms with Crippen molar-refractivity contribution in [2.75, 3.05) is 0 Å². The quantitative estimate of drug-likeness (QED) is 0.590. The zero-order valence-electron chi connectivity index (χ0n) is 9.84. The molecule has 19 heavy (non-hydrogen) atoms. The maximum absolute atomic E-state index is 12.1. The molecule has 0 spiro atoms. The van der Waals surface area contributed by atoms with Crippen LogP contribution in [0, 0.1) is 6.92 Å². The summed E-state index contributed by atoms with van der Waals surface area (Å²) < 4.78 is 26.4. The van der Waals surface area contributed by atoms with Gasteiger partial charge in [0.15, 0.2) is 5.69 Å². The number of hydrogen-bond donors (Lipinski definition) is 4. The zero-order chi connectivity index (χ0) is 14.0. The van der Waals surface area contributed by atoms with E-state index in [1.165, 1.54) is 19.3 Å². The van der Waals surface area contributed by atoms with Gasteiger partial charge >= 0.3 is 5.97 Å². The van der Waals surface area contributed by atoms with Crippen molar-refractivity contribution < 1.29 is 18.3 Å². The Balaban J connectivity index is 2.29. The standard InChI is InChI=1S/C9H11N5O4S/c1-5-8(7(9(15)16)14-13-5)19(17,18)12-4-6-2-10-11-3-6/h2-3,12H,4H2,1H3,(H,10,11)(H,13,14)(H,15,16). The van der Waals surface area contributed by atoms with Crippen molar-refractivity contribution in [1.82, 2.24) is 25.1 Å². The summed E-state index contributed by atoms with van der Waals surface area (Å²) in [4.78, 5) is 10.6. The van der Waals surface area contributed by atoms with Gasteiger partial charge in [0, 0.05) is 18.3 Å². The predicted molar refractivity (Wildman–Crippen MR) is 62.9 cm³/mol. The van der Waals surface area contributed by atoms with Gasteiger partial charge in [-0.15, -0.1) is 0 Å². The molecule has 0 aliphatic heterocycles. The second-order valence-electron chi connectivity index (χ2n) is 3.76. The molecule has 2 aromatic rings. The number of aromatic nitrogens is 4. The predicted octanol–water partition coefficient (Wildman–Crippen LogP) is -0.382. The number of aryl methyl sites for hydroxylation is 1. The number of aromatic carboxylic acids is 1. The average molecular weight is 285 g/mol. The van der Waals surface area contributed by atoms with E-state index in [9.17, 15) is 13.2 Å². The lowest BCUT2D eigenvalue weighted by Crippen LogP contribution is -2.25. The summed E-state index contributed by atoms with van der Waals surface area (Å²) in [5.41, 5.74) is 0.260. The van der Waals surface area contributed by atoms with Gasteiger partial charge < -0.3 is 5.11 Å². The Morgan fingerprint density at radius 1 is 1.53 bits per heavy atom. The van der Waals surface area contributed by atoms with E-state index < -0.39 is 21.7 Å². The Hall–Kier alpha value is -2.20. The highest BCUT2D eigenvalue weighted by atomic mass is 32.2. The van der Waals surface area contributed by atoms with E-state index in [0.29, 0.717) is 5.56 Å². The van der Waals surface area contributed by atoms with Gasteiger partial charge in [0.25, 0.3) is 0 Å². The lowest BCUT2D eigenvalue weighted by Gasteiger charge is -2.05. The summed E-state index contributed by atoms with van der Waals surface area (Å²) in [6.45, 7) is 1.44. The molecule has 0 radical (unpaired) electrons. The van der Waals surface area contributed by atoms with Gasteiger partial charge in [-0.3, -0.25) is 10.2 Å². The number of sulfonamides is 1. The summed E-state index contributed by atoms with van der Waals surface area (Å²) in [6.07, 6.45) is 2.99. The highest BCUT2D eigenvalue weighted by Crippen LogP contribution is 2.17. The molecule has 0 aliphatic carbocycles. The number of hydrogen-bond acceptors (Lipinski definition) is 5. The van der Waals surface area contributed by atoms with Crippen LogP contribution in [0.25, 0.3) is 0 Å². The molecule has 0 atom stereocenters. The number of nitrogens with zero attached hydrogens (tertiary/aromatic N) is 2. The van der Waals surface area contributed by atoms with Crippen LogP contribution in [-0.2, 0) is 16.6 Å². The first-order valence-corrected chi connectivity index (χ1v) is 6.65. The number of aromatic amines is 2. The third-order valence-corrected chi connectivity index (χ3v) is 3.94. The Bertz CT molecular complexity index is 688.